The molecule has 2 aromatic carbocycles. The Hall–Kier alpha value is -4.03. The Morgan fingerprint density at radius 2 is 1.88 bits per heavy atom. The molecule has 1 saturated heterocycles. The summed E-state index contributed by atoms with van der Waals surface area (Å²) in [6, 6.07) is 12.2. The van der Waals surface area contributed by atoms with Gasteiger partial charge in [0.15, 0.2) is 11.6 Å². The number of carbonyl (C=O) groups is 2. The van der Waals surface area contributed by atoms with Crippen molar-refractivity contribution in [3.63, 3.8) is 0 Å². The molecule has 214 valence electrons. The number of methoxy groups -OCH3 is 1. The number of para-hydroxylation sites is 1. The Balaban J connectivity index is 1.54. The van der Waals surface area contributed by atoms with Crippen LogP contribution in [0.2, 0.25) is 0 Å². The Morgan fingerprint density at radius 1 is 1.10 bits per heavy atom. The third-order valence-corrected chi connectivity index (χ3v) is 6.81. The molecule has 4 rings (SSSR count). The summed E-state index contributed by atoms with van der Waals surface area (Å²) in [5, 5.41) is 10.5. The average Bonchev–Trinajstić information content (AvgIpc) is 3.47. The topological polar surface area (TPSA) is 124 Å². The standard InChI is InChI=1S/C28H34F2N6O4/c1-18-26(36(20-7-4-3-5-8-20)34-27(18)40-13-6-9-25(31)37)33-28(38)32-24-17-35(12-14-39-2)16-21(24)19-10-11-22(29)23(30)15-19/h3-5,7-8,10-11,15,21,24H,6,9,12-14,16-17H2,1-2H3,(H2,31,37)(H2,32,33,38)/t21-,24+/m0/s1. The lowest BCUT2D eigenvalue weighted by molar-refractivity contribution is -0.118. The van der Waals surface area contributed by atoms with Gasteiger partial charge in [0, 0.05) is 39.1 Å². The Kier molecular flexibility index (Phi) is 9.67. The van der Waals surface area contributed by atoms with Crippen LogP contribution in [-0.4, -0.2) is 72.6 Å². The smallest absolute Gasteiger partial charge is 0.320 e. The molecule has 4 N–H and O–H groups in total. The van der Waals surface area contributed by atoms with Gasteiger partial charge < -0.3 is 20.5 Å². The summed E-state index contributed by atoms with van der Waals surface area (Å²) in [6.07, 6.45) is 0.622. The van der Waals surface area contributed by atoms with E-state index < -0.39 is 23.6 Å². The highest BCUT2D eigenvalue weighted by Gasteiger charge is 2.35. The lowest BCUT2D eigenvalue weighted by atomic mass is 9.94. The summed E-state index contributed by atoms with van der Waals surface area (Å²) in [6.45, 7) is 4.19. The Labute approximate surface area is 231 Å². The van der Waals surface area contributed by atoms with Crippen molar-refractivity contribution in [2.24, 2.45) is 5.73 Å². The predicted molar refractivity (Wildman–Crippen MR) is 146 cm³/mol. The number of urea groups is 1. The third kappa shape index (κ3) is 7.13. The zero-order chi connectivity index (χ0) is 28.6. The van der Waals surface area contributed by atoms with E-state index in [1.165, 1.54) is 6.07 Å². The van der Waals surface area contributed by atoms with Crippen molar-refractivity contribution >= 4 is 17.8 Å². The molecule has 3 aromatic rings. The van der Waals surface area contributed by atoms with E-state index in [4.69, 9.17) is 15.2 Å². The number of likely N-dealkylation sites (tertiary alicyclic amines) is 1. The molecule has 0 radical (unpaired) electrons. The van der Waals surface area contributed by atoms with Gasteiger partial charge in [0.2, 0.25) is 11.8 Å². The summed E-state index contributed by atoms with van der Waals surface area (Å²) < 4.78 is 40.2. The molecule has 1 fully saturated rings. The van der Waals surface area contributed by atoms with E-state index in [-0.39, 0.29) is 25.0 Å². The zero-order valence-corrected chi connectivity index (χ0v) is 22.5. The van der Waals surface area contributed by atoms with E-state index in [0.717, 1.165) is 6.07 Å². The maximum atomic E-state index is 14.1. The maximum absolute atomic E-state index is 14.1. The van der Waals surface area contributed by atoms with Crippen molar-refractivity contribution in [1.82, 2.24) is 20.0 Å². The van der Waals surface area contributed by atoms with E-state index in [9.17, 15) is 18.4 Å². The molecule has 2 heterocycles. The normalized spacial score (nSPS) is 17.1. The number of amides is 3. The molecule has 0 unspecified atom stereocenters. The minimum atomic E-state index is -0.929. The molecular weight excluding hydrogens is 522 g/mol. The quantitative estimate of drug-likeness (QED) is 0.294. The molecule has 2 atom stereocenters. The number of hydrogen-bond donors (Lipinski definition) is 3. The van der Waals surface area contributed by atoms with Gasteiger partial charge in [-0.05, 0) is 43.2 Å². The van der Waals surface area contributed by atoms with Crippen molar-refractivity contribution in [1.29, 1.82) is 0 Å². The van der Waals surface area contributed by atoms with Crippen LogP contribution in [0.5, 0.6) is 5.88 Å². The van der Waals surface area contributed by atoms with E-state index >= 15 is 0 Å². The van der Waals surface area contributed by atoms with E-state index in [1.54, 1.807) is 24.8 Å². The van der Waals surface area contributed by atoms with Gasteiger partial charge in [-0.15, -0.1) is 5.10 Å². The van der Waals surface area contributed by atoms with Gasteiger partial charge in [0.05, 0.1) is 30.5 Å². The third-order valence-electron chi connectivity index (χ3n) is 6.81. The second-order valence-corrected chi connectivity index (χ2v) is 9.68. The molecule has 1 aliphatic rings. The largest absolute Gasteiger partial charge is 0.476 e. The number of anilines is 1. The highest BCUT2D eigenvalue weighted by molar-refractivity contribution is 5.90. The number of aromatic nitrogens is 2. The lowest BCUT2D eigenvalue weighted by Crippen LogP contribution is -2.42. The van der Waals surface area contributed by atoms with Crippen molar-refractivity contribution in [3.05, 3.63) is 71.3 Å². The second kappa shape index (κ2) is 13.4. The fourth-order valence-corrected chi connectivity index (χ4v) is 4.76. The minimum Gasteiger partial charge on any atom is -0.476 e. The molecule has 0 saturated carbocycles. The first kappa shape index (κ1) is 29.0. The van der Waals surface area contributed by atoms with Crippen LogP contribution in [0.3, 0.4) is 0 Å². The van der Waals surface area contributed by atoms with Crippen LogP contribution in [0.4, 0.5) is 19.4 Å². The molecule has 0 bridgehead atoms. The number of nitrogens with zero attached hydrogens (tertiary/aromatic N) is 3. The molecule has 1 aromatic heterocycles. The summed E-state index contributed by atoms with van der Waals surface area (Å²) in [4.78, 5) is 26.5. The van der Waals surface area contributed by atoms with Gasteiger partial charge >= 0.3 is 6.03 Å². The zero-order valence-electron chi connectivity index (χ0n) is 22.5. The lowest BCUT2D eigenvalue weighted by Gasteiger charge is -2.21. The van der Waals surface area contributed by atoms with Gasteiger partial charge in [0.25, 0.3) is 0 Å². The van der Waals surface area contributed by atoms with Crippen LogP contribution >= 0.6 is 0 Å². The molecule has 10 nitrogen and oxygen atoms in total. The molecule has 0 spiro atoms. The number of halogens is 2. The predicted octanol–water partition coefficient (Wildman–Crippen LogP) is 3.34. The Bertz CT molecular complexity index is 1320. The summed E-state index contributed by atoms with van der Waals surface area (Å²) in [5.74, 6) is -1.80. The van der Waals surface area contributed by atoms with Gasteiger partial charge in [-0.25, -0.2) is 18.3 Å². The highest BCUT2D eigenvalue weighted by atomic mass is 19.2. The average molecular weight is 557 g/mol. The van der Waals surface area contributed by atoms with Crippen LogP contribution in [0, 0.1) is 18.6 Å². The number of nitrogens with two attached hydrogens (primary N) is 1. The molecule has 1 aliphatic heterocycles. The van der Waals surface area contributed by atoms with Gasteiger partial charge in [0.1, 0.15) is 5.82 Å². The number of rotatable bonds is 12. The van der Waals surface area contributed by atoms with E-state index in [2.05, 4.69) is 20.6 Å². The highest BCUT2D eigenvalue weighted by Crippen LogP contribution is 2.31. The Morgan fingerprint density at radius 3 is 2.58 bits per heavy atom. The first-order valence-electron chi connectivity index (χ1n) is 13.1. The number of hydrogen-bond acceptors (Lipinski definition) is 6. The van der Waals surface area contributed by atoms with Crippen LogP contribution < -0.4 is 21.1 Å². The second-order valence-electron chi connectivity index (χ2n) is 9.68. The number of nitrogens with one attached hydrogen (secondary N) is 2. The fraction of sp³-hybridized carbons (Fsp3) is 0.393. The number of ether oxygens (including phenoxy) is 2. The van der Waals surface area contributed by atoms with E-state index in [1.807, 2.05) is 30.3 Å². The van der Waals surface area contributed by atoms with Gasteiger partial charge in [-0.3, -0.25) is 15.0 Å². The molecular formula is C28H34F2N6O4. The van der Waals surface area contributed by atoms with Crippen molar-refractivity contribution in [3.8, 4) is 11.6 Å². The number of carbonyl (C=O) groups excluding carboxylic acids is 2. The first-order chi connectivity index (χ1) is 19.3. The van der Waals surface area contributed by atoms with Crippen LogP contribution in [0.15, 0.2) is 48.5 Å². The fourth-order valence-electron chi connectivity index (χ4n) is 4.76. The first-order valence-corrected chi connectivity index (χ1v) is 13.1. The van der Waals surface area contributed by atoms with Gasteiger partial charge in [-0.2, -0.15) is 0 Å². The van der Waals surface area contributed by atoms with Crippen molar-refractivity contribution in [2.45, 2.75) is 31.7 Å². The van der Waals surface area contributed by atoms with E-state index in [0.29, 0.717) is 61.2 Å². The number of benzene rings is 2. The summed E-state index contributed by atoms with van der Waals surface area (Å²) >= 11 is 0. The molecule has 12 heteroatoms. The van der Waals surface area contributed by atoms with Crippen LogP contribution in [0.1, 0.15) is 29.9 Å². The van der Waals surface area contributed by atoms with Gasteiger partial charge in [-0.1, -0.05) is 24.3 Å². The minimum absolute atomic E-state index is 0.188. The maximum Gasteiger partial charge on any atom is 0.320 e. The van der Waals surface area contributed by atoms with Crippen molar-refractivity contribution in [2.75, 3.05) is 45.3 Å². The summed E-state index contributed by atoms with van der Waals surface area (Å²) in [5.41, 5.74) is 7.11. The van der Waals surface area contributed by atoms with Crippen molar-refractivity contribution < 1.29 is 27.8 Å². The van der Waals surface area contributed by atoms with Crippen LogP contribution in [0.25, 0.3) is 5.69 Å². The molecule has 40 heavy (non-hydrogen) atoms. The number of primary amides is 1. The molecule has 0 aliphatic carbocycles. The molecule has 3 amide bonds. The monoisotopic (exact) mass is 556 g/mol. The summed E-state index contributed by atoms with van der Waals surface area (Å²) in [7, 11) is 1.61. The van der Waals surface area contributed by atoms with Crippen LogP contribution in [-0.2, 0) is 9.53 Å². The SMILES string of the molecule is COCCN1C[C@@H](NC(=O)Nc2c(C)c(OCCCC(N)=O)nn2-c2ccccc2)[C@H](c2ccc(F)c(F)c2)C1.